The van der Waals surface area contributed by atoms with Crippen LogP contribution in [0.2, 0.25) is 0 Å². The van der Waals surface area contributed by atoms with Crippen molar-refractivity contribution in [1.82, 2.24) is 10.2 Å². The summed E-state index contributed by atoms with van der Waals surface area (Å²) in [4.78, 5) is 14.1. The molecule has 0 aliphatic rings. The summed E-state index contributed by atoms with van der Waals surface area (Å²) in [7, 11) is 1.60. The topological polar surface area (TPSA) is 50.8 Å². The van der Waals surface area contributed by atoms with Gasteiger partial charge in [0.1, 0.15) is 11.5 Å². The summed E-state index contributed by atoms with van der Waals surface area (Å²) in [5.41, 5.74) is 0. The zero-order chi connectivity index (χ0) is 15.7. The number of likely N-dealkylation sites (N-methyl/N-ethyl adjacent to an activating group) is 1. The van der Waals surface area contributed by atoms with Crippen LogP contribution < -0.4 is 14.8 Å². The van der Waals surface area contributed by atoms with E-state index in [-0.39, 0.29) is 12.5 Å². The molecule has 1 atom stereocenters. The van der Waals surface area contributed by atoms with Crippen LogP contribution in [0.3, 0.4) is 0 Å². The molecule has 0 spiro atoms. The van der Waals surface area contributed by atoms with Crippen molar-refractivity contribution < 1.29 is 14.3 Å². The lowest BCUT2D eigenvalue weighted by Gasteiger charge is -2.26. The van der Waals surface area contributed by atoms with E-state index in [1.54, 1.807) is 19.2 Å². The zero-order valence-corrected chi connectivity index (χ0v) is 13.4. The molecule has 21 heavy (non-hydrogen) atoms. The standard InChI is InChI=1S/C16H26N2O3/c1-5-18(6-2)13(3)11-17-16(19)12-21-15-9-7-8-14(10-15)20-4/h7-10,13H,5-6,11-12H2,1-4H3,(H,17,19). The predicted octanol–water partition coefficient (Wildman–Crippen LogP) is 1.92. The highest BCUT2D eigenvalue weighted by atomic mass is 16.5. The summed E-state index contributed by atoms with van der Waals surface area (Å²) in [5.74, 6) is 1.22. The molecule has 5 nitrogen and oxygen atoms in total. The zero-order valence-electron chi connectivity index (χ0n) is 13.4. The van der Waals surface area contributed by atoms with Gasteiger partial charge in [0.15, 0.2) is 6.61 Å². The van der Waals surface area contributed by atoms with Gasteiger partial charge in [0, 0.05) is 18.7 Å². The van der Waals surface area contributed by atoms with E-state index in [4.69, 9.17) is 9.47 Å². The van der Waals surface area contributed by atoms with Crippen molar-refractivity contribution in [3.8, 4) is 11.5 Å². The first-order valence-corrected chi connectivity index (χ1v) is 7.38. The maximum atomic E-state index is 11.8. The molecule has 0 saturated heterocycles. The highest BCUT2D eigenvalue weighted by Gasteiger charge is 2.11. The van der Waals surface area contributed by atoms with Gasteiger partial charge in [-0.05, 0) is 32.1 Å². The highest BCUT2D eigenvalue weighted by molar-refractivity contribution is 5.77. The summed E-state index contributed by atoms with van der Waals surface area (Å²) in [6.07, 6.45) is 0. The lowest BCUT2D eigenvalue weighted by Crippen LogP contribution is -2.43. The summed E-state index contributed by atoms with van der Waals surface area (Å²) < 4.78 is 10.6. The fourth-order valence-electron chi connectivity index (χ4n) is 2.13. The molecule has 0 saturated carbocycles. The number of amides is 1. The molecule has 0 aliphatic carbocycles. The van der Waals surface area contributed by atoms with Gasteiger partial charge >= 0.3 is 0 Å². The van der Waals surface area contributed by atoms with Gasteiger partial charge < -0.3 is 14.8 Å². The van der Waals surface area contributed by atoms with Crippen molar-refractivity contribution >= 4 is 5.91 Å². The smallest absolute Gasteiger partial charge is 0.257 e. The minimum atomic E-state index is -0.114. The third-order valence-electron chi connectivity index (χ3n) is 3.44. The molecular weight excluding hydrogens is 268 g/mol. The monoisotopic (exact) mass is 294 g/mol. The summed E-state index contributed by atoms with van der Waals surface area (Å²) in [5, 5.41) is 2.89. The normalized spacial score (nSPS) is 12.0. The maximum absolute atomic E-state index is 11.8. The maximum Gasteiger partial charge on any atom is 0.257 e. The molecule has 0 radical (unpaired) electrons. The first-order valence-electron chi connectivity index (χ1n) is 7.38. The minimum absolute atomic E-state index is 0.0120. The van der Waals surface area contributed by atoms with Gasteiger partial charge in [0.05, 0.1) is 7.11 Å². The van der Waals surface area contributed by atoms with Crippen molar-refractivity contribution in [3.05, 3.63) is 24.3 Å². The number of carbonyl (C=O) groups is 1. The van der Waals surface area contributed by atoms with Crippen LogP contribution in [0.1, 0.15) is 20.8 Å². The molecule has 1 rings (SSSR count). The van der Waals surface area contributed by atoms with Gasteiger partial charge in [-0.25, -0.2) is 0 Å². The van der Waals surface area contributed by atoms with E-state index < -0.39 is 0 Å². The van der Waals surface area contributed by atoms with Crippen molar-refractivity contribution in [1.29, 1.82) is 0 Å². The number of rotatable bonds is 9. The van der Waals surface area contributed by atoms with Gasteiger partial charge in [0.25, 0.3) is 5.91 Å². The lowest BCUT2D eigenvalue weighted by molar-refractivity contribution is -0.123. The second-order valence-corrected chi connectivity index (χ2v) is 4.84. The third kappa shape index (κ3) is 6.04. The van der Waals surface area contributed by atoms with Crippen LogP contribution in [-0.2, 0) is 4.79 Å². The lowest BCUT2D eigenvalue weighted by atomic mass is 10.2. The van der Waals surface area contributed by atoms with Gasteiger partial charge in [0.2, 0.25) is 0 Å². The molecule has 1 unspecified atom stereocenters. The Morgan fingerprint density at radius 2 is 1.95 bits per heavy atom. The summed E-state index contributed by atoms with van der Waals surface area (Å²) in [6, 6.07) is 7.54. The van der Waals surface area contributed by atoms with E-state index >= 15 is 0 Å². The highest BCUT2D eigenvalue weighted by Crippen LogP contribution is 2.18. The third-order valence-corrected chi connectivity index (χ3v) is 3.44. The number of carbonyl (C=O) groups excluding carboxylic acids is 1. The fourth-order valence-corrected chi connectivity index (χ4v) is 2.13. The summed E-state index contributed by atoms with van der Waals surface area (Å²) in [6.45, 7) is 8.94. The molecule has 0 heterocycles. The molecular formula is C16H26N2O3. The fraction of sp³-hybridized carbons (Fsp3) is 0.562. The van der Waals surface area contributed by atoms with E-state index in [0.29, 0.717) is 24.1 Å². The van der Waals surface area contributed by atoms with Gasteiger partial charge in [-0.15, -0.1) is 0 Å². The Hall–Kier alpha value is -1.75. The number of hydrogen-bond acceptors (Lipinski definition) is 4. The van der Waals surface area contributed by atoms with Crippen LogP contribution in [0.5, 0.6) is 11.5 Å². The SMILES string of the molecule is CCN(CC)C(C)CNC(=O)COc1cccc(OC)c1. The Bertz CT molecular complexity index is 433. The number of hydrogen-bond donors (Lipinski definition) is 1. The molecule has 0 bridgehead atoms. The predicted molar refractivity (Wildman–Crippen MR) is 83.9 cm³/mol. The van der Waals surface area contributed by atoms with Gasteiger partial charge in [-0.1, -0.05) is 19.9 Å². The number of methoxy groups -OCH3 is 1. The van der Waals surface area contributed by atoms with Gasteiger partial charge in [-0.2, -0.15) is 0 Å². The molecule has 0 aromatic heterocycles. The first-order chi connectivity index (χ1) is 10.1. The van der Waals surface area contributed by atoms with E-state index in [2.05, 4.69) is 31.0 Å². The van der Waals surface area contributed by atoms with E-state index in [9.17, 15) is 4.79 Å². The second kappa shape index (κ2) is 9.23. The van der Waals surface area contributed by atoms with Crippen molar-refractivity contribution in [2.24, 2.45) is 0 Å². The van der Waals surface area contributed by atoms with E-state index in [0.717, 1.165) is 13.1 Å². The van der Waals surface area contributed by atoms with Crippen molar-refractivity contribution in [3.63, 3.8) is 0 Å². The minimum Gasteiger partial charge on any atom is -0.497 e. The van der Waals surface area contributed by atoms with Crippen molar-refractivity contribution in [2.75, 3.05) is 33.4 Å². The first kappa shape index (κ1) is 17.3. The molecule has 0 aliphatic heterocycles. The Morgan fingerprint density at radius 3 is 2.57 bits per heavy atom. The molecule has 1 aromatic rings. The molecule has 1 amide bonds. The van der Waals surface area contributed by atoms with E-state index in [1.165, 1.54) is 0 Å². The van der Waals surface area contributed by atoms with Crippen LogP contribution in [-0.4, -0.2) is 50.2 Å². The largest absolute Gasteiger partial charge is 0.497 e. The molecule has 5 heteroatoms. The second-order valence-electron chi connectivity index (χ2n) is 4.84. The average Bonchev–Trinajstić information content (AvgIpc) is 2.52. The van der Waals surface area contributed by atoms with Crippen molar-refractivity contribution in [2.45, 2.75) is 26.8 Å². The molecule has 1 aromatic carbocycles. The van der Waals surface area contributed by atoms with Crippen LogP contribution in [0.15, 0.2) is 24.3 Å². The van der Waals surface area contributed by atoms with Crippen LogP contribution in [0.4, 0.5) is 0 Å². The Balaban J connectivity index is 2.33. The quantitative estimate of drug-likeness (QED) is 0.756. The van der Waals surface area contributed by atoms with Crippen LogP contribution in [0, 0.1) is 0 Å². The number of ether oxygens (including phenoxy) is 2. The van der Waals surface area contributed by atoms with Crippen LogP contribution >= 0.6 is 0 Å². The summed E-state index contributed by atoms with van der Waals surface area (Å²) >= 11 is 0. The van der Waals surface area contributed by atoms with Crippen LogP contribution in [0.25, 0.3) is 0 Å². The molecule has 1 N–H and O–H groups in total. The molecule has 0 fully saturated rings. The Labute approximate surface area is 127 Å². The number of nitrogens with zero attached hydrogens (tertiary/aromatic N) is 1. The average molecular weight is 294 g/mol. The van der Waals surface area contributed by atoms with Gasteiger partial charge in [-0.3, -0.25) is 9.69 Å². The number of nitrogens with one attached hydrogen (secondary N) is 1. The Kier molecular flexibility index (Phi) is 7.61. The number of benzene rings is 1. The Morgan fingerprint density at radius 1 is 1.29 bits per heavy atom. The van der Waals surface area contributed by atoms with E-state index in [1.807, 2.05) is 12.1 Å². The molecule has 118 valence electrons.